The molecule has 5 rings (SSSR count). The van der Waals surface area contributed by atoms with E-state index < -0.39 is 0 Å². The fraction of sp³-hybridized carbons (Fsp3) is 0.217. The number of aryl methyl sites for hydroxylation is 1. The van der Waals surface area contributed by atoms with E-state index in [2.05, 4.69) is 52.4 Å². The third-order valence-electron chi connectivity index (χ3n) is 5.53. The van der Waals surface area contributed by atoms with Crippen LogP contribution in [0.4, 0.5) is 4.39 Å². The van der Waals surface area contributed by atoms with Crippen LogP contribution in [0, 0.1) is 12.7 Å². The summed E-state index contributed by atoms with van der Waals surface area (Å²) in [6.07, 6.45) is 1.04. The number of fused-ring (bicyclic) bond motifs is 3. The number of hydrogen-bond acceptors (Lipinski definition) is 2. The van der Waals surface area contributed by atoms with Gasteiger partial charge in [0.2, 0.25) is 0 Å². The van der Waals surface area contributed by atoms with Crippen molar-refractivity contribution < 1.29 is 4.39 Å². The average molecular weight is 377 g/mol. The standard InChI is InChI=1S/C23H21FN2S/c1-15-3-8-21-18(11-15)19-12-25(2)10-9-22(19)26(21)23-14-27-13-20(23)16-4-6-17(24)7-5-16/h3-8,11,13-14H,9-10,12H2,1-2H3. The SMILES string of the molecule is Cc1ccc2c(c1)c1c(n2-c2cscc2-c2ccc(F)cc2)CCN(C)C1. The molecule has 0 spiro atoms. The Kier molecular flexibility index (Phi) is 3.92. The van der Waals surface area contributed by atoms with E-state index in [9.17, 15) is 4.39 Å². The summed E-state index contributed by atoms with van der Waals surface area (Å²) in [5.74, 6) is -0.196. The van der Waals surface area contributed by atoms with Gasteiger partial charge in [-0.05, 0) is 49.4 Å². The Balaban J connectivity index is 1.78. The highest BCUT2D eigenvalue weighted by atomic mass is 32.1. The van der Waals surface area contributed by atoms with Crippen molar-refractivity contribution in [3.63, 3.8) is 0 Å². The molecule has 0 aliphatic carbocycles. The lowest BCUT2D eigenvalue weighted by Crippen LogP contribution is -2.27. The Morgan fingerprint density at radius 3 is 2.67 bits per heavy atom. The monoisotopic (exact) mass is 376 g/mol. The first-order chi connectivity index (χ1) is 13.1. The Morgan fingerprint density at radius 1 is 1.04 bits per heavy atom. The van der Waals surface area contributed by atoms with Crippen LogP contribution in [0.5, 0.6) is 0 Å². The molecule has 4 aromatic rings. The van der Waals surface area contributed by atoms with Gasteiger partial charge in [0, 0.05) is 46.9 Å². The lowest BCUT2D eigenvalue weighted by Gasteiger charge is -2.24. The largest absolute Gasteiger partial charge is 0.312 e. The molecule has 0 fully saturated rings. The molecule has 0 unspecified atom stereocenters. The first kappa shape index (κ1) is 16.7. The first-order valence-corrected chi connectivity index (χ1v) is 10.2. The van der Waals surface area contributed by atoms with Gasteiger partial charge in [0.05, 0.1) is 11.2 Å². The minimum atomic E-state index is -0.196. The number of aromatic nitrogens is 1. The second-order valence-corrected chi connectivity index (χ2v) is 8.19. The minimum absolute atomic E-state index is 0.196. The van der Waals surface area contributed by atoms with E-state index in [1.807, 2.05) is 12.1 Å². The van der Waals surface area contributed by atoms with Gasteiger partial charge in [-0.15, -0.1) is 11.3 Å². The van der Waals surface area contributed by atoms with E-state index in [4.69, 9.17) is 0 Å². The van der Waals surface area contributed by atoms with Crippen LogP contribution in [-0.2, 0) is 13.0 Å². The summed E-state index contributed by atoms with van der Waals surface area (Å²) in [7, 11) is 2.19. The normalized spacial score (nSPS) is 14.6. The van der Waals surface area contributed by atoms with Crippen LogP contribution in [-0.4, -0.2) is 23.1 Å². The highest BCUT2D eigenvalue weighted by Crippen LogP contribution is 2.38. The highest BCUT2D eigenvalue weighted by Gasteiger charge is 2.24. The molecule has 0 radical (unpaired) electrons. The molecule has 0 N–H and O–H groups in total. The molecule has 3 heterocycles. The number of halogens is 1. The number of nitrogens with zero attached hydrogens (tertiary/aromatic N) is 2. The lowest BCUT2D eigenvalue weighted by atomic mass is 10.0. The van der Waals surface area contributed by atoms with Crippen molar-refractivity contribution in [2.45, 2.75) is 19.9 Å². The molecule has 0 amide bonds. The molecule has 136 valence electrons. The van der Waals surface area contributed by atoms with Gasteiger partial charge in [-0.3, -0.25) is 0 Å². The number of likely N-dealkylation sites (N-methyl/N-ethyl adjacent to an activating group) is 1. The van der Waals surface area contributed by atoms with Crippen molar-refractivity contribution in [1.29, 1.82) is 0 Å². The zero-order valence-electron chi connectivity index (χ0n) is 15.5. The summed E-state index contributed by atoms with van der Waals surface area (Å²) < 4.78 is 15.8. The number of hydrogen-bond donors (Lipinski definition) is 0. The third-order valence-corrected chi connectivity index (χ3v) is 6.26. The van der Waals surface area contributed by atoms with Gasteiger partial charge in [-0.2, -0.15) is 0 Å². The fourth-order valence-corrected chi connectivity index (χ4v) is 5.01. The summed E-state index contributed by atoms with van der Waals surface area (Å²) in [4.78, 5) is 2.39. The Bertz CT molecular complexity index is 1140. The van der Waals surface area contributed by atoms with Gasteiger partial charge in [-0.25, -0.2) is 4.39 Å². The molecule has 0 saturated carbocycles. The average Bonchev–Trinajstić information content (AvgIpc) is 3.24. The Labute approximate surface area is 162 Å². The van der Waals surface area contributed by atoms with Gasteiger partial charge in [0.1, 0.15) is 5.82 Å². The van der Waals surface area contributed by atoms with Crippen LogP contribution in [0.3, 0.4) is 0 Å². The van der Waals surface area contributed by atoms with E-state index in [0.717, 1.165) is 25.1 Å². The quantitative estimate of drug-likeness (QED) is 0.430. The number of rotatable bonds is 2. The van der Waals surface area contributed by atoms with Crippen molar-refractivity contribution in [3.05, 3.63) is 75.9 Å². The smallest absolute Gasteiger partial charge is 0.123 e. The lowest BCUT2D eigenvalue weighted by molar-refractivity contribution is 0.311. The Morgan fingerprint density at radius 2 is 1.85 bits per heavy atom. The van der Waals surface area contributed by atoms with E-state index in [1.165, 1.54) is 39.0 Å². The van der Waals surface area contributed by atoms with E-state index in [-0.39, 0.29) is 5.82 Å². The number of benzene rings is 2. The maximum absolute atomic E-state index is 13.4. The van der Waals surface area contributed by atoms with Crippen LogP contribution < -0.4 is 0 Å². The molecule has 0 bridgehead atoms. The molecule has 4 heteroatoms. The molecule has 2 nitrogen and oxygen atoms in total. The number of thiophene rings is 1. The fourth-order valence-electron chi connectivity index (χ4n) is 4.19. The summed E-state index contributed by atoms with van der Waals surface area (Å²) in [6.45, 7) is 4.21. The van der Waals surface area contributed by atoms with Crippen LogP contribution in [0.15, 0.2) is 53.2 Å². The summed E-state index contributed by atoms with van der Waals surface area (Å²) in [5.41, 5.74) is 8.84. The predicted octanol–water partition coefficient (Wildman–Crippen LogP) is 5.79. The van der Waals surface area contributed by atoms with Crippen LogP contribution >= 0.6 is 11.3 Å². The van der Waals surface area contributed by atoms with Gasteiger partial charge < -0.3 is 9.47 Å². The molecule has 27 heavy (non-hydrogen) atoms. The topological polar surface area (TPSA) is 8.17 Å². The molecule has 0 atom stereocenters. The van der Waals surface area contributed by atoms with Gasteiger partial charge in [0.15, 0.2) is 0 Å². The first-order valence-electron chi connectivity index (χ1n) is 9.25. The second kappa shape index (κ2) is 6.32. The van der Waals surface area contributed by atoms with Crippen molar-refractivity contribution in [3.8, 4) is 16.8 Å². The molecule has 2 aromatic heterocycles. The molecule has 2 aromatic carbocycles. The van der Waals surface area contributed by atoms with E-state index in [1.54, 1.807) is 23.5 Å². The molecule has 1 aliphatic heterocycles. The summed E-state index contributed by atoms with van der Waals surface area (Å²) in [5, 5.41) is 5.74. The van der Waals surface area contributed by atoms with Crippen molar-refractivity contribution >= 4 is 22.2 Å². The molecule has 0 saturated heterocycles. The van der Waals surface area contributed by atoms with Crippen LogP contribution in [0.1, 0.15) is 16.8 Å². The molecular weight excluding hydrogens is 355 g/mol. The predicted molar refractivity (Wildman–Crippen MR) is 111 cm³/mol. The maximum Gasteiger partial charge on any atom is 0.123 e. The van der Waals surface area contributed by atoms with E-state index in [0.29, 0.717) is 0 Å². The van der Waals surface area contributed by atoms with E-state index >= 15 is 0 Å². The van der Waals surface area contributed by atoms with Gasteiger partial charge in [0.25, 0.3) is 0 Å². The van der Waals surface area contributed by atoms with Crippen molar-refractivity contribution in [2.24, 2.45) is 0 Å². The zero-order valence-corrected chi connectivity index (χ0v) is 16.3. The Hall–Kier alpha value is -2.43. The summed E-state index contributed by atoms with van der Waals surface area (Å²) >= 11 is 1.70. The van der Waals surface area contributed by atoms with Crippen LogP contribution in [0.2, 0.25) is 0 Å². The second-order valence-electron chi connectivity index (χ2n) is 7.45. The maximum atomic E-state index is 13.4. The minimum Gasteiger partial charge on any atom is -0.312 e. The molecule has 1 aliphatic rings. The van der Waals surface area contributed by atoms with Crippen LogP contribution in [0.25, 0.3) is 27.7 Å². The summed E-state index contributed by atoms with van der Waals surface area (Å²) in [6, 6.07) is 13.6. The van der Waals surface area contributed by atoms with Crippen molar-refractivity contribution in [2.75, 3.05) is 13.6 Å². The van der Waals surface area contributed by atoms with Gasteiger partial charge in [-0.1, -0.05) is 23.8 Å². The van der Waals surface area contributed by atoms with Crippen molar-refractivity contribution in [1.82, 2.24) is 9.47 Å². The third kappa shape index (κ3) is 2.71. The molecular formula is C23H21FN2S. The highest BCUT2D eigenvalue weighted by molar-refractivity contribution is 7.08. The van der Waals surface area contributed by atoms with Gasteiger partial charge >= 0.3 is 0 Å². The zero-order chi connectivity index (χ0) is 18.5.